The van der Waals surface area contributed by atoms with E-state index in [1.807, 2.05) is 0 Å². The van der Waals surface area contributed by atoms with E-state index < -0.39 is 0 Å². The van der Waals surface area contributed by atoms with Crippen LogP contribution in [0.3, 0.4) is 0 Å². The van der Waals surface area contributed by atoms with E-state index in [9.17, 15) is 4.79 Å². The minimum absolute atomic E-state index is 0.00430. The summed E-state index contributed by atoms with van der Waals surface area (Å²) in [5, 5.41) is 6.89. The first-order chi connectivity index (χ1) is 13.5. The van der Waals surface area contributed by atoms with Gasteiger partial charge < -0.3 is 20.3 Å². The van der Waals surface area contributed by atoms with Gasteiger partial charge in [0, 0.05) is 39.9 Å². The lowest BCUT2D eigenvalue weighted by Gasteiger charge is -2.27. The molecule has 1 aromatic carbocycles. The maximum atomic E-state index is 11.9. The van der Waals surface area contributed by atoms with Gasteiger partial charge in [0.05, 0.1) is 0 Å². The molecule has 0 heterocycles. The lowest BCUT2D eigenvalue weighted by atomic mass is 9.88. The van der Waals surface area contributed by atoms with E-state index in [-0.39, 0.29) is 12.5 Å². The number of hydrogen-bond acceptors (Lipinski definition) is 3. The minimum atomic E-state index is -0.00430. The van der Waals surface area contributed by atoms with Crippen LogP contribution in [0.1, 0.15) is 37.8 Å². The number of guanidine groups is 1. The van der Waals surface area contributed by atoms with Crippen molar-refractivity contribution in [2.24, 2.45) is 10.9 Å². The van der Waals surface area contributed by atoms with Crippen LogP contribution >= 0.6 is 0 Å². The lowest BCUT2D eigenvalue weighted by Crippen LogP contribution is -2.46. The molecule has 6 heteroatoms. The Morgan fingerprint density at radius 3 is 2.75 bits per heavy atom. The zero-order chi connectivity index (χ0) is 20.4. The molecule has 1 atom stereocenters. The second kappa shape index (κ2) is 11.7. The van der Waals surface area contributed by atoms with Crippen LogP contribution in [-0.4, -0.2) is 63.2 Å². The normalized spacial score (nSPS) is 16.6. The molecular weight excluding hydrogens is 352 g/mol. The van der Waals surface area contributed by atoms with Crippen molar-refractivity contribution in [1.29, 1.82) is 0 Å². The van der Waals surface area contributed by atoms with Crippen LogP contribution in [0.2, 0.25) is 0 Å². The highest BCUT2D eigenvalue weighted by atomic mass is 16.5. The molecule has 0 aromatic heterocycles. The van der Waals surface area contributed by atoms with Crippen LogP contribution in [-0.2, 0) is 22.4 Å². The van der Waals surface area contributed by atoms with Gasteiger partial charge in [-0.25, -0.2) is 4.99 Å². The van der Waals surface area contributed by atoms with E-state index in [0.29, 0.717) is 17.9 Å². The SMILES string of the molecule is CC(C)COCCCNC(=NCC(=O)N(C)C)NC1CCc2ccccc2C1. The highest BCUT2D eigenvalue weighted by molar-refractivity contribution is 5.85. The Morgan fingerprint density at radius 2 is 2.04 bits per heavy atom. The number of fused-ring (bicyclic) bond motifs is 1. The number of amides is 1. The molecule has 1 amide bonds. The highest BCUT2D eigenvalue weighted by Crippen LogP contribution is 2.20. The summed E-state index contributed by atoms with van der Waals surface area (Å²) in [5.74, 6) is 1.26. The standard InChI is InChI=1S/C22H36N4O2/c1-17(2)16-28-13-7-12-23-22(24-15-21(27)26(3)4)25-20-11-10-18-8-5-6-9-19(18)14-20/h5-6,8-9,17,20H,7,10-16H2,1-4H3,(H2,23,24,25). The third-order valence-corrected chi connectivity index (χ3v) is 4.77. The number of nitrogens with one attached hydrogen (secondary N) is 2. The van der Waals surface area contributed by atoms with Crippen molar-refractivity contribution in [2.45, 2.75) is 45.6 Å². The smallest absolute Gasteiger partial charge is 0.243 e. The molecule has 2 rings (SSSR count). The van der Waals surface area contributed by atoms with Crippen LogP contribution < -0.4 is 10.6 Å². The van der Waals surface area contributed by atoms with E-state index >= 15 is 0 Å². The molecule has 2 N–H and O–H groups in total. The van der Waals surface area contributed by atoms with Gasteiger partial charge in [0.1, 0.15) is 6.54 Å². The maximum absolute atomic E-state index is 11.9. The summed E-state index contributed by atoms with van der Waals surface area (Å²) in [7, 11) is 3.50. The van der Waals surface area contributed by atoms with Crippen molar-refractivity contribution in [3.63, 3.8) is 0 Å². The van der Waals surface area contributed by atoms with Crippen LogP contribution in [0.25, 0.3) is 0 Å². The molecule has 1 aliphatic rings. The van der Waals surface area contributed by atoms with Crippen molar-refractivity contribution in [1.82, 2.24) is 15.5 Å². The van der Waals surface area contributed by atoms with Crippen molar-refractivity contribution in [3.8, 4) is 0 Å². The maximum Gasteiger partial charge on any atom is 0.243 e. The average Bonchev–Trinajstić information content (AvgIpc) is 2.67. The zero-order valence-electron chi connectivity index (χ0n) is 17.8. The van der Waals surface area contributed by atoms with Crippen LogP contribution in [0.15, 0.2) is 29.3 Å². The van der Waals surface area contributed by atoms with Gasteiger partial charge >= 0.3 is 0 Å². The first kappa shape index (κ1) is 22.2. The Labute approximate surface area is 169 Å². The second-order valence-electron chi connectivity index (χ2n) is 8.05. The number of nitrogens with zero attached hydrogens (tertiary/aromatic N) is 2. The Morgan fingerprint density at radius 1 is 1.29 bits per heavy atom. The molecule has 156 valence electrons. The van der Waals surface area contributed by atoms with Gasteiger partial charge in [-0.1, -0.05) is 38.1 Å². The zero-order valence-corrected chi connectivity index (χ0v) is 17.8. The summed E-state index contributed by atoms with van der Waals surface area (Å²) in [6.07, 6.45) is 4.02. The number of aryl methyl sites for hydroxylation is 1. The molecule has 0 spiro atoms. The van der Waals surface area contributed by atoms with Gasteiger partial charge in [-0.05, 0) is 42.7 Å². The number of carbonyl (C=O) groups is 1. The Balaban J connectivity index is 1.87. The number of hydrogen-bond donors (Lipinski definition) is 2. The summed E-state index contributed by atoms with van der Waals surface area (Å²) >= 11 is 0. The topological polar surface area (TPSA) is 66.0 Å². The van der Waals surface area contributed by atoms with Crippen LogP contribution in [0.5, 0.6) is 0 Å². The van der Waals surface area contributed by atoms with Crippen molar-refractivity contribution in [2.75, 3.05) is 40.4 Å². The minimum Gasteiger partial charge on any atom is -0.381 e. The molecule has 1 unspecified atom stereocenters. The number of benzene rings is 1. The molecule has 0 aliphatic heterocycles. The van der Waals surface area contributed by atoms with E-state index in [1.54, 1.807) is 19.0 Å². The molecule has 0 fully saturated rings. The molecular formula is C22H36N4O2. The van der Waals surface area contributed by atoms with Gasteiger partial charge in [-0.15, -0.1) is 0 Å². The van der Waals surface area contributed by atoms with Gasteiger partial charge in [-0.2, -0.15) is 0 Å². The third-order valence-electron chi connectivity index (χ3n) is 4.77. The molecule has 0 radical (unpaired) electrons. The van der Waals surface area contributed by atoms with E-state index in [2.05, 4.69) is 53.7 Å². The van der Waals surface area contributed by atoms with Gasteiger partial charge in [0.2, 0.25) is 5.91 Å². The second-order valence-corrected chi connectivity index (χ2v) is 8.05. The average molecular weight is 389 g/mol. The summed E-state index contributed by atoms with van der Waals surface area (Å²) in [6.45, 7) is 6.73. The molecule has 6 nitrogen and oxygen atoms in total. The van der Waals surface area contributed by atoms with Crippen molar-refractivity contribution < 1.29 is 9.53 Å². The number of aliphatic imine (C=N–C) groups is 1. The van der Waals surface area contributed by atoms with E-state index in [1.165, 1.54) is 11.1 Å². The first-order valence-electron chi connectivity index (χ1n) is 10.3. The van der Waals surface area contributed by atoms with E-state index in [4.69, 9.17) is 4.74 Å². The summed E-state index contributed by atoms with van der Waals surface area (Å²) < 4.78 is 5.63. The Hall–Kier alpha value is -2.08. The van der Waals surface area contributed by atoms with Gasteiger partial charge in [0.15, 0.2) is 5.96 Å². The summed E-state index contributed by atoms with van der Waals surface area (Å²) in [6, 6.07) is 8.95. The van der Waals surface area contributed by atoms with Crippen molar-refractivity contribution in [3.05, 3.63) is 35.4 Å². The number of carbonyl (C=O) groups excluding carboxylic acids is 1. The quantitative estimate of drug-likeness (QED) is 0.387. The Kier molecular flexibility index (Phi) is 9.28. The molecule has 0 saturated heterocycles. The monoisotopic (exact) mass is 388 g/mol. The summed E-state index contributed by atoms with van der Waals surface area (Å²) in [4.78, 5) is 18.0. The van der Waals surface area contributed by atoms with Gasteiger partial charge in [0.25, 0.3) is 0 Å². The molecule has 0 bridgehead atoms. The Bertz CT molecular complexity index is 643. The fourth-order valence-electron chi connectivity index (χ4n) is 3.16. The molecule has 1 aliphatic carbocycles. The number of ether oxygens (including phenoxy) is 1. The predicted molar refractivity (Wildman–Crippen MR) is 115 cm³/mol. The lowest BCUT2D eigenvalue weighted by molar-refractivity contribution is -0.127. The predicted octanol–water partition coefficient (Wildman–Crippen LogP) is 2.23. The molecule has 1 aromatic rings. The van der Waals surface area contributed by atoms with Crippen LogP contribution in [0, 0.1) is 5.92 Å². The van der Waals surface area contributed by atoms with Crippen LogP contribution in [0.4, 0.5) is 0 Å². The van der Waals surface area contributed by atoms with Gasteiger partial charge in [-0.3, -0.25) is 4.79 Å². The van der Waals surface area contributed by atoms with Crippen molar-refractivity contribution >= 4 is 11.9 Å². The largest absolute Gasteiger partial charge is 0.381 e. The van der Waals surface area contributed by atoms with E-state index in [0.717, 1.165) is 45.4 Å². The number of likely N-dealkylation sites (N-methyl/N-ethyl adjacent to an activating group) is 1. The fourth-order valence-corrected chi connectivity index (χ4v) is 3.16. The first-order valence-corrected chi connectivity index (χ1v) is 10.3. The number of rotatable bonds is 9. The molecule has 0 saturated carbocycles. The highest BCUT2D eigenvalue weighted by Gasteiger charge is 2.19. The fraction of sp³-hybridized carbons (Fsp3) is 0.636. The third kappa shape index (κ3) is 7.89. The summed E-state index contributed by atoms with van der Waals surface area (Å²) in [5.41, 5.74) is 2.84. The molecule has 28 heavy (non-hydrogen) atoms.